The summed E-state index contributed by atoms with van der Waals surface area (Å²) in [5, 5.41) is 3.16. The summed E-state index contributed by atoms with van der Waals surface area (Å²) in [4.78, 5) is 47.3. The number of likely N-dealkylation sites (tertiary alicyclic amines) is 1. The lowest BCUT2D eigenvalue weighted by atomic mass is 9.93. The Morgan fingerprint density at radius 1 is 1.16 bits per heavy atom. The molecule has 1 aromatic carbocycles. The van der Waals surface area contributed by atoms with Crippen LogP contribution in [0.2, 0.25) is 5.02 Å². The van der Waals surface area contributed by atoms with Crippen LogP contribution >= 0.6 is 23.4 Å². The first kappa shape index (κ1) is 28.2. The van der Waals surface area contributed by atoms with Gasteiger partial charge >= 0.3 is 11.9 Å². The summed E-state index contributed by atoms with van der Waals surface area (Å²) in [7, 11) is 1.54. The van der Waals surface area contributed by atoms with Crippen molar-refractivity contribution in [2.45, 2.75) is 39.2 Å². The van der Waals surface area contributed by atoms with Gasteiger partial charge in [-0.1, -0.05) is 35.5 Å². The van der Waals surface area contributed by atoms with Crippen molar-refractivity contribution in [3.8, 4) is 0 Å². The second-order valence-electron chi connectivity index (χ2n) is 9.18. The monoisotopic (exact) mass is 561 g/mol. The Morgan fingerprint density at radius 3 is 2.63 bits per heavy atom. The first-order chi connectivity index (χ1) is 18.3. The summed E-state index contributed by atoms with van der Waals surface area (Å²) in [5.41, 5.74) is 2.50. The third kappa shape index (κ3) is 6.24. The smallest absolute Gasteiger partial charge is 0.338 e. The minimum atomic E-state index is -0.544. The van der Waals surface area contributed by atoms with Gasteiger partial charge in [0.15, 0.2) is 5.17 Å². The Balaban J connectivity index is 1.58. The lowest BCUT2D eigenvalue weighted by Crippen LogP contribution is -2.44. The Labute approximate surface area is 231 Å². The quantitative estimate of drug-likeness (QED) is 0.325. The Morgan fingerprint density at radius 2 is 1.92 bits per heavy atom. The normalized spacial score (nSPS) is 21.1. The summed E-state index contributed by atoms with van der Waals surface area (Å²) < 4.78 is 15.7. The molecule has 0 aliphatic carbocycles. The van der Waals surface area contributed by atoms with Gasteiger partial charge in [-0.2, -0.15) is 0 Å². The van der Waals surface area contributed by atoms with Crippen molar-refractivity contribution >= 4 is 46.4 Å². The van der Waals surface area contributed by atoms with E-state index in [1.165, 1.54) is 11.8 Å². The van der Waals surface area contributed by atoms with Gasteiger partial charge in [-0.25, -0.2) is 9.79 Å². The van der Waals surface area contributed by atoms with Crippen molar-refractivity contribution in [2.24, 2.45) is 10.9 Å². The number of allylic oxidation sites excluding steroid dienone is 1. The topological polar surface area (TPSA) is 97.7 Å². The summed E-state index contributed by atoms with van der Waals surface area (Å²) in [6.07, 6.45) is 1.56. The average molecular weight is 562 g/mol. The fourth-order valence-electron chi connectivity index (χ4n) is 4.81. The van der Waals surface area contributed by atoms with Crippen LogP contribution in [0.15, 0.2) is 51.6 Å². The molecule has 0 N–H and O–H groups in total. The van der Waals surface area contributed by atoms with E-state index in [1.807, 2.05) is 22.4 Å². The molecule has 0 bridgehead atoms. The predicted molar refractivity (Wildman–Crippen MR) is 145 cm³/mol. The second-order valence-corrected chi connectivity index (χ2v) is 10.5. The Hall–Kier alpha value is -2.82. The lowest BCUT2D eigenvalue weighted by Gasteiger charge is -2.37. The van der Waals surface area contributed by atoms with Crippen LogP contribution in [0.25, 0.3) is 0 Å². The molecule has 1 aromatic rings. The molecule has 0 spiro atoms. The van der Waals surface area contributed by atoms with E-state index in [-0.39, 0.29) is 37.4 Å². The number of esters is 2. The fraction of sp³-hybridized carbons (Fsp3) is 0.481. The molecule has 204 valence electrons. The molecular weight excluding hydrogens is 530 g/mol. The molecular formula is C27H32ClN3O6S. The number of amidine groups is 1. The van der Waals surface area contributed by atoms with Gasteiger partial charge < -0.3 is 24.0 Å². The van der Waals surface area contributed by atoms with Crippen LogP contribution < -0.4 is 0 Å². The lowest BCUT2D eigenvalue weighted by molar-refractivity contribution is -0.151. The molecule has 0 radical (unpaired) electrons. The van der Waals surface area contributed by atoms with E-state index in [2.05, 4.69) is 4.99 Å². The molecule has 11 heteroatoms. The summed E-state index contributed by atoms with van der Waals surface area (Å²) in [5.74, 6) is -1.14. The number of fused-ring (bicyclic) bond motifs is 1. The molecule has 38 heavy (non-hydrogen) atoms. The number of benzene rings is 1. The Kier molecular flexibility index (Phi) is 9.51. The van der Waals surface area contributed by atoms with Crippen molar-refractivity contribution in [3.05, 3.63) is 57.2 Å². The Bertz CT molecular complexity index is 1170. The van der Waals surface area contributed by atoms with E-state index in [0.717, 1.165) is 17.7 Å². The fourth-order valence-corrected chi connectivity index (χ4v) is 5.90. The van der Waals surface area contributed by atoms with Gasteiger partial charge in [0.05, 0.1) is 42.9 Å². The van der Waals surface area contributed by atoms with E-state index >= 15 is 0 Å². The van der Waals surface area contributed by atoms with E-state index in [9.17, 15) is 14.4 Å². The predicted octanol–water partition coefficient (Wildman–Crippen LogP) is 4.30. The van der Waals surface area contributed by atoms with E-state index in [0.29, 0.717) is 47.6 Å². The van der Waals surface area contributed by atoms with Crippen LogP contribution in [0.3, 0.4) is 0 Å². The first-order valence-corrected chi connectivity index (χ1v) is 13.9. The molecule has 3 aliphatic rings. The summed E-state index contributed by atoms with van der Waals surface area (Å²) >= 11 is 7.57. The molecule has 4 rings (SSSR count). The number of hydrogen-bond acceptors (Lipinski definition) is 9. The molecule has 9 nitrogen and oxygen atoms in total. The SMILES string of the molecule is CCOC(=O)C1CCCN(C(=O)CC2=CSC3=NC(C)=C(C(=O)OCCOC)C(c4ccc(Cl)cc4)N23)C1. The van der Waals surface area contributed by atoms with E-state index in [1.54, 1.807) is 38.0 Å². The molecule has 1 amide bonds. The number of hydrogen-bond donors (Lipinski definition) is 0. The van der Waals surface area contributed by atoms with Crippen LogP contribution in [0.4, 0.5) is 0 Å². The summed E-state index contributed by atoms with van der Waals surface area (Å²) in [6.45, 7) is 5.21. The maximum Gasteiger partial charge on any atom is 0.338 e. The van der Waals surface area contributed by atoms with Crippen LogP contribution in [-0.4, -0.2) is 72.8 Å². The van der Waals surface area contributed by atoms with Crippen LogP contribution in [0.5, 0.6) is 0 Å². The zero-order valence-electron chi connectivity index (χ0n) is 21.8. The third-order valence-corrected chi connectivity index (χ3v) is 7.79. The molecule has 1 saturated heterocycles. The molecule has 2 unspecified atom stereocenters. The van der Waals surface area contributed by atoms with Crippen LogP contribution in [0, 0.1) is 5.92 Å². The number of amides is 1. The number of thioether (sulfide) groups is 1. The highest BCUT2D eigenvalue weighted by Crippen LogP contribution is 2.45. The molecule has 0 aromatic heterocycles. The van der Waals surface area contributed by atoms with Crippen molar-refractivity contribution < 1.29 is 28.6 Å². The van der Waals surface area contributed by atoms with Gasteiger partial charge in [-0.15, -0.1) is 0 Å². The maximum absolute atomic E-state index is 13.4. The number of carbonyl (C=O) groups excluding carboxylic acids is 3. The minimum absolute atomic E-state index is 0.0857. The van der Waals surface area contributed by atoms with Crippen molar-refractivity contribution in [2.75, 3.05) is 40.0 Å². The molecule has 3 heterocycles. The zero-order chi connectivity index (χ0) is 27.2. The second kappa shape index (κ2) is 12.8. The number of carbonyl (C=O) groups is 3. The average Bonchev–Trinajstić information content (AvgIpc) is 3.30. The highest BCUT2D eigenvalue weighted by Gasteiger charge is 2.41. The third-order valence-electron chi connectivity index (χ3n) is 6.65. The van der Waals surface area contributed by atoms with E-state index < -0.39 is 12.0 Å². The highest BCUT2D eigenvalue weighted by molar-refractivity contribution is 8.16. The number of nitrogens with zero attached hydrogens (tertiary/aromatic N) is 3. The van der Waals surface area contributed by atoms with Crippen LogP contribution in [-0.2, 0) is 28.6 Å². The standard InChI is InChI=1S/C27H32ClN3O6S/c1-4-36-25(33)19-6-5-11-30(15-19)22(32)14-21-16-38-27-29-17(2)23(26(34)37-13-12-35-3)24(31(21)27)18-7-9-20(28)10-8-18/h7-10,16,19,24H,4-6,11-15H2,1-3H3. The minimum Gasteiger partial charge on any atom is -0.466 e. The molecule has 1 fully saturated rings. The van der Waals surface area contributed by atoms with Gasteiger partial charge in [0, 0.05) is 30.9 Å². The number of aliphatic imine (C=N–C) groups is 1. The van der Waals surface area contributed by atoms with Gasteiger partial charge in [-0.05, 0) is 49.8 Å². The van der Waals surface area contributed by atoms with Gasteiger partial charge in [0.1, 0.15) is 6.61 Å². The van der Waals surface area contributed by atoms with Crippen molar-refractivity contribution in [1.29, 1.82) is 0 Å². The van der Waals surface area contributed by atoms with E-state index in [4.69, 9.17) is 25.8 Å². The molecule has 3 aliphatic heterocycles. The molecule has 0 saturated carbocycles. The first-order valence-electron chi connectivity index (χ1n) is 12.6. The van der Waals surface area contributed by atoms with Gasteiger partial charge in [0.2, 0.25) is 5.91 Å². The van der Waals surface area contributed by atoms with Gasteiger partial charge in [0.25, 0.3) is 0 Å². The number of halogens is 1. The van der Waals surface area contributed by atoms with Crippen molar-refractivity contribution in [1.82, 2.24) is 9.80 Å². The zero-order valence-corrected chi connectivity index (χ0v) is 23.3. The summed E-state index contributed by atoms with van der Waals surface area (Å²) in [6, 6.07) is 6.72. The number of ether oxygens (including phenoxy) is 3. The highest BCUT2D eigenvalue weighted by atomic mass is 35.5. The van der Waals surface area contributed by atoms with Crippen molar-refractivity contribution in [3.63, 3.8) is 0 Å². The number of rotatable bonds is 9. The number of methoxy groups -OCH3 is 1. The largest absolute Gasteiger partial charge is 0.466 e. The molecule has 2 atom stereocenters. The number of piperidine rings is 1. The van der Waals surface area contributed by atoms with Crippen LogP contribution in [0.1, 0.15) is 44.7 Å². The maximum atomic E-state index is 13.4. The van der Waals surface area contributed by atoms with Gasteiger partial charge in [-0.3, -0.25) is 9.59 Å².